The highest BCUT2D eigenvalue weighted by molar-refractivity contribution is 6.30. The van der Waals surface area contributed by atoms with Gasteiger partial charge in [-0.1, -0.05) is 53.6 Å². The van der Waals surface area contributed by atoms with E-state index in [2.05, 4.69) is 52.2 Å². The van der Waals surface area contributed by atoms with Crippen molar-refractivity contribution < 1.29 is 9.47 Å². The molecule has 6 rings (SSSR count). The number of pyridine rings is 1. The lowest BCUT2D eigenvalue weighted by atomic mass is 10.0. The maximum absolute atomic E-state index is 6.10. The first-order valence-corrected chi connectivity index (χ1v) is 10.9. The number of rotatable bonds is 3. The van der Waals surface area contributed by atoms with E-state index in [1.807, 2.05) is 36.4 Å². The van der Waals surface area contributed by atoms with Crippen LogP contribution in [0, 0.1) is 6.92 Å². The van der Waals surface area contributed by atoms with Crippen LogP contribution >= 0.6 is 11.6 Å². The van der Waals surface area contributed by atoms with Gasteiger partial charge >= 0.3 is 0 Å². The van der Waals surface area contributed by atoms with E-state index in [-0.39, 0.29) is 0 Å². The minimum Gasteiger partial charge on any atom is -0.486 e. The van der Waals surface area contributed by atoms with Crippen molar-refractivity contribution in [1.82, 2.24) is 14.8 Å². The van der Waals surface area contributed by atoms with E-state index < -0.39 is 0 Å². The Labute approximate surface area is 190 Å². The summed E-state index contributed by atoms with van der Waals surface area (Å²) in [5.74, 6) is 1.50. The fourth-order valence-corrected chi connectivity index (χ4v) is 4.34. The molecule has 3 aromatic carbocycles. The molecular weight excluding hydrogens is 422 g/mol. The number of hydrogen-bond donors (Lipinski definition) is 0. The quantitative estimate of drug-likeness (QED) is 0.345. The molecule has 158 valence electrons. The van der Waals surface area contributed by atoms with Crippen molar-refractivity contribution in [1.29, 1.82) is 0 Å². The van der Waals surface area contributed by atoms with Crippen LogP contribution < -0.4 is 9.47 Å². The molecule has 3 aromatic rings. The van der Waals surface area contributed by atoms with Gasteiger partial charge in [0.1, 0.15) is 24.6 Å². The topological polar surface area (TPSA) is 49.2 Å². The third-order valence-corrected chi connectivity index (χ3v) is 6.11. The summed E-state index contributed by atoms with van der Waals surface area (Å²) in [6.45, 7) is 3.85. The van der Waals surface area contributed by atoms with E-state index in [1.165, 1.54) is 5.56 Å². The van der Waals surface area contributed by atoms with E-state index in [1.54, 1.807) is 0 Å². The summed E-state index contributed by atoms with van der Waals surface area (Å²) in [7, 11) is 0. The molecule has 3 heterocycles. The average molecular weight is 442 g/mol. The van der Waals surface area contributed by atoms with Crippen LogP contribution in [0.2, 0.25) is 5.02 Å². The second kappa shape index (κ2) is 7.53. The molecule has 3 aliphatic rings. The molecular formula is C26H20ClN3O2. The molecule has 0 aliphatic carbocycles. The zero-order chi connectivity index (χ0) is 21.7. The Morgan fingerprint density at radius 2 is 1.56 bits per heavy atom. The van der Waals surface area contributed by atoms with Crippen molar-refractivity contribution in [3.63, 3.8) is 0 Å². The summed E-state index contributed by atoms with van der Waals surface area (Å²) < 4.78 is 13.9. The van der Waals surface area contributed by atoms with Crippen molar-refractivity contribution in [2.75, 3.05) is 13.2 Å². The second-order valence-electron chi connectivity index (χ2n) is 8.07. The molecule has 0 aromatic heterocycles. The number of hydrogen-bond acceptors (Lipinski definition) is 4. The van der Waals surface area contributed by atoms with Crippen LogP contribution in [0.5, 0.6) is 11.5 Å². The molecule has 0 fully saturated rings. The molecule has 5 nitrogen and oxygen atoms in total. The highest BCUT2D eigenvalue weighted by atomic mass is 35.5. The molecule has 0 saturated carbocycles. The molecule has 0 radical (unpaired) electrons. The summed E-state index contributed by atoms with van der Waals surface area (Å²) in [5, 5.41) is 10.9. The third kappa shape index (κ3) is 3.26. The normalized spacial score (nSPS) is 13.1. The number of halogens is 1. The Hall–Kier alpha value is -3.57. The van der Waals surface area contributed by atoms with Gasteiger partial charge < -0.3 is 14.0 Å². The van der Waals surface area contributed by atoms with Gasteiger partial charge in [0, 0.05) is 40.3 Å². The van der Waals surface area contributed by atoms with Crippen molar-refractivity contribution in [3.8, 4) is 34.0 Å². The summed E-state index contributed by atoms with van der Waals surface area (Å²) in [5.41, 5.74) is 7.18. The molecule has 0 saturated heterocycles. The predicted octanol–water partition coefficient (Wildman–Crippen LogP) is 5.98. The highest BCUT2D eigenvalue weighted by Gasteiger charge is 2.23. The van der Waals surface area contributed by atoms with Gasteiger partial charge in [-0.15, -0.1) is 10.2 Å². The van der Waals surface area contributed by atoms with Crippen LogP contribution in [0.4, 0.5) is 0 Å². The van der Waals surface area contributed by atoms with Crippen LogP contribution in [-0.2, 0) is 6.54 Å². The zero-order valence-corrected chi connectivity index (χ0v) is 18.3. The van der Waals surface area contributed by atoms with Crippen LogP contribution in [0.3, 0.4) is 0 Å². The van der Waals surface area contributed by atoms with Crippen LogP contribution in [0.15, 0.2) is 66.9 Å². The highest BCUT2D eigenvalue weighted by Crippen LogP contribution is 2.41. The molecule has 0 unspecified atom stereocenters. The summed E-state index contributed by atoms with van der Waals surface area (Å²) in [6.07, 6.45) is 2.14. The van der Waals surface area contributed by atoms with Crippen molar-refractivity contribution in [2.45, 2.75) is 13.5 Å². The smallest absolute Gasteiger partial charge is 0.163 e. The predicted molar refractivity (Wildman–Crippen MR) is 126 cm³/mol. The Kier molecular flexibility index (Phi) is 4.51. The maximum Gasteiger partial charge on any atom is 0.163 e. The van der Waals surface area contributed by atoms with E-state index in [9.17, 15) is 0 Å². The van der Waals surface area contributed by atoms with Gasteiger partial charge in [0.25, 0.3) is 0 Å². The zero-order valence-electron chi connectivity index (χ0n) is 17.5. The fraction of sp³-hybridized carbons (Fsp3) is 0.154. The summed E-state index contributed by atoms with van der Waals surface area (Å²) in [6, 6.07) is 20.4. The van der Waals surface area contributed by atoms with E-state index in [0.717, 1.165) is 55.5 Å². The average Bonchev–Trinajstić information content (AvgIpc) is 3.24. The van der Waals surface area contributed by atoms with Crippen LogP contribution in [-0.4, -0.2) is 28.0 Å². The van der Waals surface area contributed by atoms with Gasteiger partial charge in [-0.3, -0.25) is 0 Å². The van der Waals surface area contributed by atoms with Crippen LogP contribution in [0.1, 0.15) is 11.1 Å². The Balaban J connectivity index is 1.58. The van der Waals surface area contributed by atoms with E-state index >= 15 is 0 Å². The molecule has 6 heteroatoms. The van der Waals surface area contributed by atoms with Gasteiger partial charge in [-0.25, -0.2) is 0 Å². The number of fused-ring (bicyclic) bond motifs is 4. The van der Waals surface area contributed by atoms with Gasteiger partial charge in [-0.2, -0.15) is 0 Å². The third-order valence-electron chi connectivity index (χ3n) is 5.86. The number of benzene rings is 3. The first-order valence-electron chi connectivity index (χ1n) is 10.6. The van der Waals surface area contributed by atoms with E-state index in [4.69, 9.17) is 21.1 Å². The molecule has 0 spiro atoms. The van der Waals surface area contributed by atoms with Crippen molar-refractivity contribution in [3.05, 3.63) is 83.0 Å². The fourth-order valence-electron chi connectivity index (χ4n) is 4.21. The minimum absolute atomic E-state index is 0.542. The molecule has 32 heavy (non-hydrogen) atoms. The Morgan fingerprint density at radius 1 is 0.875 bits per heavy atom. The molecule has 0 bridgehead atoms. The maximum atomic E-state index is 6.10. The number of ether oxygens (including phenoxy) is 2. The molecule has 0 atom stereocenters. The summed E-state index contributed by atoms with van der Waals surface area (Å²) >= 11 is 6.10. The largest absolute Gasteiger partial charge is 0.486 e. The summed E-state index contributed by atoms with van der Waals surface area (Å²) in [4.78, 5) is 0. The van der Waals surface area contributed by atoms with Crippen molar-refractivity contribution >= 4 is 22.5 Å². The number of nitrogens with zero attached hydrogens (tertiary/aromatic N) is 3. The van der Waals surface area contributed by atoms with Gasteiger partial charge in [0.2, 0.25) is 0 Å². The number of aryl methyl sites for hydroxylation is 1. The van der Waals surface area contributed by atoms with Gasteiger partial charge in [0.15, 0.2) is 11.5 Å². The van der Waals surface area contributed by atoms with Gasteiger partial charge in [-0.05, 0) is 30.7 Å². The first kappa shape index (κ1) is 19.1. The standard InChI is InChI=1S/C26H20ClN3O2/c1-16-2-6-18(7-3-16)25-21-15-30(14-17-4-8-19(27)9-5-17)22-13-24-23(31-10-11-32-24)12-20(22)26(21)29-28-25/h2-9,12-13,15H,10-11,14H2,1H3. The first-order chi connectivity index (χ1) is 15.7. The Bertz CT molecular complexity index is 1410. The molecule has 0 N–H and O–H groups in total. The molecule has 3 aliphatic heterocycles. The Morgan fingerprint density at radius 3 is 2.31 bits per heavy atom. The number of aromatic nitrogens is 3. The second-order valence-corrected chi connectivity index (χ2v) is 8.51. The van der Waals surface area contributed by atoms with E-state index in [0.29, 0.717) is 19.8 Å². The van der Waals surface area contributed by atoms with Gasteiger partial charge in [0.05, 0.1) is 5.52 Å². The van der Waals surface area contributed by atoms with Crippen molar-refractivity contribution in [2.24, 2.45) is 0 Å². The monoisotopic (exact) mass is 441 g/mol. The SMILES string of the molecule is Cc1ccc(-c2nnc3c4cc5c(cc4n(Cc4ccc(Cl)cc4)cc2-3)OCCO5)cc1. The lowest BCUT2D eigenvalue weighted by molar-refractivity contribution is 0.172. The lowest BCUT2D eigenvalue weighted by Crippen LogP contribution is -2.15. The minimum atomic E-state index is 0.542. The molecule has 0 amide bonds. The van der Waals surface area contributed by atoms with Crippen LogP contribution in [0.25, 0.3) is 33.4 Å². The lowest BCUT2D eigenvalue weighted by Gasteiger charge is -2.21.